The maximum atomic E-state index is 11.8. The number of halogens is 1. The first-order valence-electron chi connectivity index (χ1n) is 6.00. The maximum absolute atomic E-state index is 11.8. The Bertz CT molecular complexity index is 738. The number of nitrogen functional groups attached to an aromatic ring is 1. The zero-order chi connectivity index (χ0) is 15.4. The van der Waals surface area contributed by atoms with Crippen LogP contribution in [0.1, 0.15) is 15.9 Å². The highest BCUT2D eigenvalue weighted by Crippen LogP contribution is 2.30. The number of anilines is 3. The number of carbonyl (C=O) groups is 1. The number of nitriles is 1. The van der Waals surface area contributed by atoms with Crippen molar-refractivity contribution in [2.45, 2.75) is 0 Å². The molecule has 0 aromatic heterocycles. The molecule has 0 atom stereocenters. The number of rotatable bonds is 3. The van der Waals surface area contributed by atoms with Crippen molar-refractivity contribution in [1.82, 2.24) is 0 Å². The fraction of sp³-hybridized carbons (Fsp3) is 0.0667. The quantitative estimate of drug-likeness (QED) is 0.657. The van der Waals surface area contributed by atoms with E-state index in [-0.39, 0.29) is 0 Å². The third-order valence-corrected chi connectivity index (χ3v) is 3.36. The summed E-state index contributed by atoms with van der Waals surface area (Å²) in [6, 6.07) is 12.2. The highest BCUT2D eigenvalue weighted by molar-refractivity contribution is 9.10. The topological polar surface area (TPSA) is 88.1 Å². The van der Waals surface area contributed by atoms with Crippen LogP contribution in [0.2, 0.25) is 0 Å². The first-order chi connectivity index (χ1) is 10.1. The second kappa shape index (κ2) is 6.29. The molecule has 0 spiro atoms. The van der Waals surface area contributed by atoms with Crippen LogP contribution in [0.5, 0.6) is 0 Å². The molecule has 0 heterocycles. The van der Waals surface area contributed by atoms with E-state index in [2.05, 4.69) is 27.3 Å². The van der Waals surface area contributed by atoms with Gasteiger partial charge in [-0.2, -0.15) is 5.26 Å². The Morgan fingerprint density at radius 3 is 2.81 bits per heavy atom. The highest BCUT2D eigenvalue weighted by Gasteiger charge is 2.15. The van der Waals surface area contributed by atoms with Gasteiger partial charge in [0.25, 0.3) is 0 Å². The summed E-state index contributed by atoms with van der Waals surface area (Å²) < 4.78 is 5.53. The van der Waals surface area contributed by atoms with E-state index in [9.17, 15) is 10.1 Å². The lowest BCUT2D eigenvalue weighted by Gasteiger charge is -2.14. The summed E-state index contributed by atoms with van der Waals surface area (Å²) in [5, 5.41) is 12.2. The Kier molecular flexibility index (Phi) is 4.45. The third kappa shape index (κ3) is 3.15. The lowest BCUT2D eigenvalue weighted by molar-refractivity contribution is 0.0602. The number of carbonyl (C=O) groups excluding carboxylic acids is 1. The summed E-state index contributed by atoms with van der Waals surface area (Å²) in [7, 11) is 1.30. The van der Waals surface area contributed by atoms with Crippen molar-refractivity contribution in [1.29, 1.82) is 5.26 Å². The van der Waals surface area contributed by atoms with Crippen molar-refractivity contribution in [3.63, 3.8) is 0 Å². The average molecular weight is 346 g/mol. The van der Waals surface area contributed by atoms with Crippen LogP contribution in [0.4, 0.5) is 17.1 Å². The van der Waals surface area contributed by atoms with E-state index >= 15 is 0 Å². The van der Waals surface area contributed by atoms with Crippen LogP contribution in [0, 0.1) is 11.3 Å². The van der Waals surface area contributed by atoms with E-state index in [0.717, 1.165) is 4.47 Å². The SMILES string of the molecule is COC(=O)c1cccc(N)c1Nc1ccc(Br)cc1C#N. The van der Waals surface area contributed by atoms with Crippen LogP contribution in [-0.2, 0) is 4.74 Å². The molecule has 21 heavy (non-hydrogen) atoms. The summed E-state index contributed by atoms with van der Waals surface area (Å²) in [6.07, 6.45) is 0. The molecular weight excluding hydrogens is 334 g/mol. The van der Waals surface area contributed by atoms with Gasteiger partial charge < -0.3 is 15.8 Å². The minimum atomic E-state index is -0.500. The van der Waals surface area contributed by atoms with E-state index in [0.29, 0.717) is 28.2 Å². The average Bonchev–Trinajstić information content (AvgIpc) is 2.49. The minimum Gasteiger partial charge on any atom is -0.465 e. The van der Waals surface area contributed by atoms with Crippen molar-refractivity contribution in [2.75, 3.05) is 18.2 Å². The Balaban J connectivity index is 2.50. The molecule has 6 heteroatoms. The third-order valence-electron chi connectivity index (χ3n) is 2.86. The molecule has 2 aromatic rings. The van der Waals surface area contributed by atoms with Gasteiger partial charge in [0.05, 0.1) is 35.3 Å². The highest BCUT2D eigenvalue weighted by atomic mass is 79.9. The number of benzene rings is 2. The van der Waals surface area contributed by atoms with Gasteiger partial charge in [0, 0.05) is 4.47 Å². The summed E-state index contributed by atoms with van der Waals surface area (Å²) in [6.45, 7) is 0. The number of esters is 1. The smallest absolute Gasteiger partial charge is 0.340 e. The van der Waals surface area contributed by atoms with Crippen LogP contribution in [-0.4, -0.2) is 13.1 Å². The summed E-state index contributed by atoms with van der Waals surface area (Å²) >= 11 is 3.31. The van der Waals surface area contributed by atoms with Crippen LogP contribution in [0.25, 0.3) is 0 Å². The molecule has 2 rings (SSSR count). The van der Waals surface area contributed by atoms with Crippen LogP contribution < -0.4 is 11.1 Å². The van der Waals surface area contributed by atoms with Gasteiger partial charge in [-0.15, -0.1) is 0 Å². The zero-order valence-corrected chi connectivity index (χ0v) is 12.8. The van der Waals surface area contributed by atoms with Gasteiger partial charge in [0.2, 0.25) is 0 Å². The Morgan fingerprint density at radius 1 is 1.38 bits per heavy atom. The minimum absolute atomic E-state index is 0.310. The molecule has 5 nitrogen and oxygen atoms in total. The summed E-state index contributed by atoms with van der Waals surface area (Å²) in [5.41, 5.74) is 8.04. The van der Waals surface area contributed by atoms with Crippen molar-refractivity contribution in [2.24, 2.45) is 0 Å². The summed E-state index contributed by atoms with van der Waals surface area (Å²) in [4.78, 5) is 11.8. The standard InChI is InChI=1S/C15H12BrN3O2/c1-21-15(20)11-3-2-4-12(18)14(11)19-13-6-5-10(16)7-9(13)8-17/h2-7,19H,18H2,1H3. The molecule has 0 aliphatic heterocycles. The molecular formula is C15H12BrN3O2. The predicted molar refractivity (Wildman–Crippen MR) is 84.3 cm³/mol. The van der Waals surface area contributed by atoms with Crippen LogP contribution in [0.15, 0.2) is 40.9 Å². The van der Waals surface area contributed by atoms with Crippen molar-refractivity contribution >= 4 is 39.0 Å². The van der Waals surface area contributed by atoms with E-state index in [1.54, 1.807) is 36.4 Å². The van der Waals surface area contributed by atoms with Crippen molar-refractivity contribution in [3.8, 4) is 6.07 Å². The van der Waals surface area contributed by atoms with Gasteiger partial charge in [-0.1, -0.05) is 22.0 Å². The van der Waals surface area contributed by atoms with Gasteiger partial charge >= 0.3 is 5.97 Å². The molecule has 0 unspecified atom stereocenters. The second-order valence-corrected chi connectivity index (χ2v) is 5.10. The lowest BCUT2D eigenvalue weighted by Crippen LogP contribution is -2.08. The molecule has 0 saturated carbocycles. The largest absolute Gasteiger partial charge is 0.465 e. The normalized spacial score (nSPS) is 9.76. The molecule has 106 valence electrons. The van der Waals surface area contributed by atoms with E-state index in [1.807, 2.05) is 0 Å². The molecule has 0 bridgehead atoms. The van der Waals surface area contributed by atoms with E-state index in [1.165, 1.54) is 7.11 Å². The van der Waals surface area contributed by atoms with Gasteiger partial charge in [0.15, 0.2) is 0 Å². The molecule has 2 aromatic carbocycles. The first-order valence-corrected chi connectivity index (χ1v) is 6.79. The predicted octanol–water partition coefficient (Wildman–Crippen LogP) is 3.43. The number of hydrogen-bond donors (Lipinski definition) is 2. The number of nitrogens with one attached hydrogen (secondary N) is 1. The number of ether oxygens (including phenoxy) is 1. The van der Waals surface area contributed by atoms with Gasteiger partial charge in [-0.25, -0.2) is 4.79 Å². The van der Waals surface area contributed by atoms with Gasteiger partial charge in [0.1, 0.15) is 6.07 Å². The molecule has 0 saturated heterocycles. The van der Waals surface area contributed by atoms with Gasteiger partial charge in [-0.05, 0) is 30.3 Å². The number of methoxy groups -OCH3 is 1. The van der Waals surface area contributed by atoms with E-state index < -0.39 is 5.97 Å². The Morgan fingerprint density at radius 2 is 2.14 bits per heavy atom. The maximum Gasteiger partial charge on any atom is 0.340 e. The lowest BCUT2D eigenvalue weighted by atomic mass is 10.1. The molecule has 0 aliphatic rings. The number of nitrogens with zero attached hydrogens (tertiary/aromatic N) is 1. The molecule has 0 radical (unpaired) electrons. The Hall–Kier alpha value is -2.52. The number of para-hydroxylation sites is 1. The molecule has 0 aliphatic carbocycles. The first kappa shape index (κ1) is 14.9. The van der Waals surface area contributed by atoms with Crippen LogP contribution in [0.3, 0.4) is 0 Å². The monoisotopic (exact) mass is 345 g/mol. The Labute approximate surface area is 130 Å². The summed E-state index contributed by atoms with van der Waals surface area (Å²) in [5.74, 6) is -0.500. The van der Waals surface area contributed by atoms with E-state index in [4.69, 9.17) is 10.5 Å². The second-order valence-electron chi connectivity index (χ2n) is 4.19. The van der Waals surface area contributed by atoms with Crippen LogP contribution >= 0.6 is 15.9 Å². The zero-order valence-electron chi connectivity index (χ0n) is 11.2. The van der Waals surface area contributed by atoms with Crippen molar-refractivity contribution in [3.05, 3.63) is 52.0 Å². The number of nitrogens with two attached hydrogens (primary N) is 1. The number of hydrogen-bond acceptors (Lipinski definition) is 5. The fourth-order valence-corrected chi connectivity index (χ4v) is 2.20. The molecule has 3 N–H and O–H groups in total. The molecule has 0 amide bonds. The fourth-order valence-electron chi connectivity index (χ4n) is 1.84. The van der Waals surface area contributed by atoms with Gasteiger partial charge in [-0.3, -0.25) is 0 Å². The molecule has 0 fully saturated rings. The van der Waals surface area contributed by atoms with Crippen molar-refractivity contribution < 1.29 is 9.53 Å².